The monoisotopic (exact) mass is 222 g/mol. The number of nitrogens with zero attached hydrogens (tertiary/aromatic N) is 2. The number of ether oxygens (including phenoxy) is 1. The Morgan fingerprint density at radius 2 is 2.25 bits per heavy atom. The fourth-order valence-corrected chi connectivity index (χ4v) is 2.28. The predicted octanol–water partition coefficient (Wildman–Crippen LogP) is 1.07. The second-order valence-electron chi connectivity index (χ2n) is 4.27. The van der Waals surface area contributed by atoms with Gasteiger partial charge >= 0.3 is 0 Å². The Morgan fingerprint density at radius 1 is 1.56 bits per heavy atom. The van der Waals surface area contributed by atoms with Gasteiger partial charge in [-0.3, -0.25) is 5.01 Å². The molecule has 0 aromatic rings. The minimum atomic E-state index is 0.373. The van der Waals surface area contributed by atoms with Crippen molar-refractivity contribution in [2.75, 3.05) is 20.7 Å². The SMILES string of the molecule is CCOC1=C2C(=CNN1C)C(C)=[N+](C)C2C. The van der Waals surface area contributed by atoms with E-state index in [1.807, 2.05) is 25.2 Å². The molecule has 0 spiro atoms. The van der Waals surface area contributed by atoms with Crippen molar-refractivity contribution in [1.29, 1.82) is 0 Å². The number of nitrogens with one attached hydrogen (secondary N) is 1. The Hall–Kier alpha value is -1.45. The van der Waals surface area contributed by atoms with E-state index in [4.69, 9.17) is 4.74 Å². The lowest BCUT2D eigenvalue weighted by atomic mass is 10.0. The van der Waals surface area contributed by atoms with Gasteiger partial charge in [-0.05, 0) is 6.92 Å². The smallest absolute Gasteiger partial charge is 0.219 e. The van der Waals surface area contributed by atoms with E-state index in [1.54, 1.807) is 0 Å². The molecule has 2 aliphatic heterocycles. The summed E-state index contributed by atoms with van der Waals surface area (Å²) in [6.07, 6.45) is 2.05. The van der Waals surface area contributed by atoms with Crippen molar-refractivity contribution < 1.29 is 9.31 Å². The second kappa shape index (κ2) is 3.85. The zero-order valence-electron chi connectivity index (χ0n) is 10.7. The molecular formula is C12H20N3O+. The molecule has 2 aliphatic rings. The highest BCUT2D eigenvalue weighted by atomic mass is 16.5. The number of likely N-dealkylation sites (N-methyl/N-ethyl adjacent to an activating group) is 1. The van der Waals surface area contributed by atoms with Crippen molar-refractivity contribution in [3.05, 3.63) is 23.2 Å². The molecule has 0 bridgehead atoms. The summed E-state index contributed by atoms with van der Waals surface area (Å²) in [5.74, 6) is 0.941. The molecule has 0 fully saturated rings. The maximum absolute atomic E-state index is 5.74. The van der Waals surface area contributed by atoms with E-state index in [-0.39, 0.29) is 0 Å². The minimum absolute atomic E-state index is 0.373. The Kier molecular flexibility index (Phi) is 2.66. The van der Waals surface area contributed by atoms with Gasteiger partial charge in [0.05, 0.1) is 17.8 Å². The summed E-state index contributed by atoms with van der Waals surface area (Å²) in [4.78, 5) is 0. The third kappa shape index (κ3) is 1.40. The van der Waals surface area contributed by atoms with Crippen molar-refractivity contribution in [2.45, 2.75) is 26.8 Å². The molecule has 1 N–H and O–H groups in total. The van der Waals surface area contributed by atoms with E-state index in [0.717, 1.165) is 5.88 Å². The van der Waals surface area contributed by atoms with Crippen LogP contribution in [0.15, 0.2) is 23.2 Å². The maximum Gasteiger partial charge on any atom is 0.219 e. The van der Waals surface area contributed by atoms with E-state index in [0.29, 0.717) is 12.6 Å². The molecule has 0 radical (unpaired) electrons. The summed E-state index contributed by atoms with van der Waals surface area (Å²) in [5, 5.41) is 1.94. The Bertz CT molecular complexity index is 406. The average molecular weight is 222 g/mol. The number of hydrazine groups is 1. The molecule has 1 atom stereocenters. The number of fused-ring (bicyclic) bond motifs is 1. The molecule has 4 heteroatoms. The van der Waals surface area contributed by atoms with Crippen LogP contribution in [0.3, 0.4) is 0 Å². The molecular weight excluding hydrogens is 202 g/mol. The van der Waals surface area contributed by atoms with Gasteiger partial charge in [0.25, 0.3) is 0 Å². The van der Waals surface area contributed by atoms with Crippen LogP contribution in [0.4, 0.5) is 0 Å². The first kappa shape index (κ1) is 11.0. The van der Waals surface area contributed by atoms with Crippen molar-refractivity contribution in [3.63, 3.8) is 0 Å². The van der Waals surface area contributed by atoms with Gasteiger partial charge in [-0.1, -0.05) is 0 Å². The van der Waals surface area contributed by atoms with Crippen LogP contribution in [0.5, 0.6) is 0 Å². The highest BCUT2D eigenvalue weighted by Crippen LogP contribution is 2.31. The molecule has 0 aliphatic carbocycles. The van der Waals surface area contributed by atoms with Crippen molar-refractivity contribution >= 4 is 5.71 Å². The van der Waals surface area contributed by atoms with Crippen LogP contribution in [0.25, 0.3) is 0 Å². The molecule has 1 unspecified atom stereocenters. The van der Waals surface area contributed by atoms with Crippen LogP contribution >= 0.6 is 0 Å². The summed E-state index contributed by atoms with van der Waals surface area (Å²) >= 11 is 0. The van der Waals surface area contributed by atoms with Crippen LogP contribution in [-0.2, 0) is 4.74 Å². The maximum atomic E-state index is 5.74. The number of hydrogen-bond acceptors (Lipinski definition) is 3. The molecule has 16 heavy (non-hydrogen) atoms. The van der Waals surface area contributed by atoms with E-state index in [9.17, 15) is 0 Å². The van der Waals surface area contributed by atoms with Gasteiger partial charge in [0, 0.05) is 27.1 Å². The third-order valence-electron chi connectivity index (χ3n) is 3.43. The number of hydrogen-bond donors (Lipinski definition) is 1. The molecule has 0 saturated carbocycles. The van der Waals surface area contributed by atoms with E-state index >= 15 is 0 Å². The van der Waals surface area contributed by atoms with Crippen molar-refractivity contribution in [3.8, 4) is 0 Å². The van der Waals surface area contributed by atoms with Gasteiger partial charge in [-0.15, -0.1) is 0 Å². The highest BCUT2D eigenvalue weighted by Gasteiger charge is 2.40. The van der Waals surface area contributed by atoms with Gasteiger partial charge in [-0.25, -0.2) is 4.58 Å². The van der Waals surface area contributed by atoms with E-state index in [1.165, 1.54) is 16.9 Å². The summed E-state index contributed by atoms with van der Waals surface area (Å²) in [6, 6.07) is 0.373. The molecule has 2 heterocycles. The molecule has 0 aromatic carbocycles. The fourth-order valence-electron chi connectivity index (χ4n) is 2.28. The first-order valence-electron chi connectivity index (χ1n) is 5.72. The molecule has 88 valence electrons. The molecule has 4 nitrogen and oxygen atoms in total. The number of rotatable bonds is 2. The quantitative estimate of drug-likeness (QED) is 0.708. The minimum Gasteiger partial charge on any atom is -0.478 e. The Morgan fingerprint density at radius 3 is 2.88 bits per heavy atom. The van der Waals surface area contributed by atoms with Crippen molar-refractivity contribution in [1.82, 2.24) is 10.4 Å². The topological polar surface area (TPSA) is 27.5 Å². The van der Waals surface area contributed by atoms with Gasteiger partial charge in [0.15, 0.2) is 11.8 Å². The van der Waals surface area contributed by atoms with E-state index < -0.39 is 0 Å². The standard InChI is InChI=1S/C12H19N3O/c1-6-16-12-11-9(3)14(4)8(2)10(11)7-13-15(12)5/h7,9H,6H2,1-5H3/p+1. The summed E-state index contributed by atoms with van der Waals surface area (Å²) in [7, 11) is 4.10. The fraction of sp³-hybridized carbons (Fsp3) is 0.583. The second-order valence-corrected chi connectivity index (χ2v) is 4.27. The summed E-state index contributed by atoms with van der Waals surface area (Å²) in [6.45, 7) is 7.05. The molecule has 2 rings (SSSR count). The van der Waals surface area contributed by atoms with Gasteiger partial charge in [-0.2, -0.15) is 0 Å². The van der Waals surface area contributed by atoms with Gasteiger partial charge in [0.1, 0.15) is 7.05 Å². The lowest BCUT2D eigenvalue weighted by Gasteiger charge is -2.27. The normalized spacial score (nSPS) is 24.4. The molecule has 0 aromatic heterocycles. The van der Waals surface area contributed by atoms with Crippen LogP contribution < -0.4 is 5.43 Å². The van der Waals surface area contributed by atoms with Gasteiger partial charge < -0.3 is 10.2 Å². The molecule has 0 amide bonds. The first-order chi connectivity index (χ1) is 7.57. The lowest BCUT2D eigenvalue weighted by molar-refractivity contribution is -0.518. The third-order valence-corrected chi connectivity index (χ3v) is 3.43. The van der Waals surface area contributed by atoms with Gasteiger partial charge in [0.2, 0.25) is 5.88 Å². The van der Waals surface area contributed by atoms with Crippen LogP contribution in [0.2, 0.25) is 0 Å². The first-order valence-corrected chi connectivity index (χ1v) is 5.72. The average Bonchev–Trinajstić information content (AvgIpc) is 2.48. The highest BCUT2D eigenvalue weighted by molar-refractivity contribution is 6.01. The summed E-state index contributed by atoms with van der Waals surface area (Å²) < 4.78 is 8.02. The van der Waals surface area contributed by atoms with Crippen LogP contribution in [0, 0.1) is 0 Å². The zero-order valence-corrected chi connectivity index (χ0v) is 10.7. The predicted molar refractivity (Wildman–Crippen MR) is 64.0 cm³/mol. The summed E-state index contributed by atoms with van der Waals surface area (Å²) in [5.41, 5.74) is 7.03. The van der Waals surface area contributed by atoms with Crippen LogP contribution in [-0.4, -0.2) is 42.0 Å². The molecule has 0 saturated heterocycles. The van der Waals surface area contributed by atoms with E-state index in [2.05, 4.69) is 30.9 Å². The van der Waals surface area contributed by atoms with Crippen LogP contribution in [0.1, 0.15) is 20.8 Å². The van der Waals surface area contributed by atoms with Crippen molar-refractivity contribution in [2.24, 2.45) is 0 Å². The Balaban J connectivity index is 2.49. The largest absolute Gasteiger partial charge is 0.478 e. The lowest BCUT2D eigenvalue weighted by Crippen LogP contribution is -2.36. The zero-order chi connectivity index (χ0) is 11.9. The Labute approximate surface area is 96.9 Å².